The van der Waals surface area contributed by atoms with Crippen molar-refractivity contribution in [2.75, 3.05) is 6.61 Å². The van der Waals surface area contributed by atoms with Crippen LogP contribution in [-0.4, -0.2) is 46.9 Å². The topological polar surface area (TPSA) is 40.5 Å². The second-order valence-corrected chi connectivity index (χ2v) is 5.14. The molecule has 0 fully saturated rings. The van der Waals surface area contributed by atoms with Gasteiger partial charge in [-0.25, -0.2) is 0 Å². The van der Waals surface area contributed by atoms with Crippen molar-refractivity contribution >= 4 is 0 Å². The minimum Gasteiger partial charge on any atom is -0.394 e. The molecule has 0 bridgehead atoms. The molecular formula is C12H17F9O2. The lowest BCUT2D eigenvalue weighted by Gasteiger charge is -2.33. The van der Waals surface area contributed by atoms with Gasteiger partial charge in [-0.3, -0.25) is 0 Å². The third kappa shape index (κ3) is 5.40. The molecule has 2 nitrogen and oxygen atoms in total. The summed E-state index contributed by atoms with van der Waals surface area (Å²) in [6.07, 6.45) is -9.92. The summed E-state index contributed by atoms with van der Waals surface area (Å²) in [6.45, 7) is -0.517. The monoisotopic (exact) mass is 364 g/mol. The van der Waals surface area contributed by atoms with Gasteiger partial charge in [-0.05, 0) is 12.8 Å². The van der Waals surface area contributed by atoms with Crippen LogP contribution in [0, 0.1) is 0 Å². The fraction of sp³-hybridized carbons (Fsp3) is 1.00. The van der Waals surface area contributed by atoms with Crippen LogP contribution in [0.2, 0.25) is 0 Å². The summed E-state index contributed by atoms with van der Waals surface area (Å²) in [7, 11) is 0. The van der Waals surface area contributed by atoms with E-state index in [1.807, 2.05) is 0 Å². The van der Waals surface area contributed by atoms with Crippen LogP contribution in [-0.2, 0) is 0 Å². The first kappa shape index (κ1) is 22.3. The quantitative estimate of drug-likeness (QED) is 0.452. The number of rotatable bonds is 10. The molecule has 0 radical (unpaired) electrons. The average molecular weight is 364 g/mol. The lowest BCUT2D eigenvalue weighted by atomic mass is 9.97. The molecule has 0 saturated heterocycles. The van der Waals surface area contributed by atoms with E-state index >= 15 is 0 Å². The van der Waals surface area contributed by atoms with Gasteiger partial charge in [0.25, 0.3) is 0 Å². The van der Waals surface area contributed by atoms with Crippen molar-refractivity contribution in [1.29, 1.82) is 0 Å². The van der Waals surface area contributed by atoms with Crippen LogP contribution in [0.4, 0.5) is 39.5 Å². The molecule has 0 rings (SSSR count). The maximum absolute atomic E-state index is 13.1. The third-order valence-electron chi connectivity index (χ3n) is 3.20. The van der Waals surface area contributed by atoms with E-state index in [0.717, 1.165) is 0 Å². The van der Waals surface area contributed by atoms with Gasteiger partial charge in [0.2, 0.25) is 0 Å². The van der Waals surface area contributed by atoms with Crippen LogP contribution in [0.1, 0.15) is 38.5 Å². The van der Waals surface area contributed by atoms with E-state index < -0.39 is 49.5 Å². The molecule has 0 aromatic carbocycles. The maximum atomic E-state index is 13.1. The highest BCUT2D eigenvalue weighted by atomic mass is 19.4. The van der Waals surface area contributed by atoms with Gasteiger partial charge in [-0.15, -0.1) is 0 Å². The zero-order valence-electron chi connectivity index (χ0n) is 11.8. The van der Waals surface area contributed by atoms with Crippen molar-refractivity contribution in [3.63, 3.8) is 0 Å². The second kappa shape index (κ2) is 7.91. The molecule has 0 aromatic heterocycles. The fourth-order valence-electron chi connectivity index (χ4n) is 1.74. The summed E-state index contributed by atoms with van der Waals surface area (Å²) in [5.74, 6) is -18.9. The number of hydrogen-bond acceptors (Lipinski definition) is 2. The molecular weight excluding hydrogens is 347 g/mol. The Balaban J connectivity index is 4.52. The van der Waals surface area contributed by atoms with Gasteiger partial charge in [0.15, 0.2) is 0 Å². The van der Waals surface area contributed by atoms with Crippen LogP contribution >= 0.6 is 0 Å². The lowest BCUT2D eigenvalue weighted by Crippen LogP contribution is -2.60. The van der Waals surface area contributed by atoms with E-state index in [-0.39, 0.29) is 25.7 Å². The first-order valence-corrected chi connectivity index (χ1v) is 6.70. The van der Waals surface area contributed by atoms with Gasteiger partial charge in [0.1, 0.15) is 0 Å². The van der Waals surface area contributed by atoms with Crippen LogP contribution in [0.25, 0.3) is 0 Å². The molecule has 0 aliphatic rings. The molecule has 140 valence electrons. The molecule has 0 aliphatic heterocycles. The summed E-state index contributed by atoms with van der Waals surface area (Å²) < 4.78 is 113. The van der Waals surface area contributed by atoms with Crippen molar-refractivity contribution in [3.8, 4) is 0 Å². The Labute approximate surface area is 126 Å². The minimum atomic E-state index is -6.84. The molecule has 11 heteroatoms. The van der Waals surface area contributed by atoms with E-state index in [1.54, 1.807) is 0 Å². The van der Waals surface area contributed by atoms with Crippen LogP contribution in [0.15, 0.2) is 0 Å². The van der Waals surface area contributed by atoms with Gasteiger partial charge >= 0.3 is 23.9 Å². The maximum Gasteiger partial charge on any atom is 0.460 e. The van der Waals surface area contributed by atoms with Gasteiger partial charge in [0, 0.05) is 6.42 Å². The number of unbranched alkanes of at least 4 members (excludes halogenated alkanes) is 3. The molecule has 23 heavy (non-hydrogen) atoms. The zero-order valence-corrected chi connectivity index (χ0v) is 11.8. The van der Waals surface area contributed by atoms with Crippen molar-refractivity contribution in [2.24, 2.45) is 0 Å². The Hall–Kier alpha value is -0.710. The minimum absolute atomic E-state index is 0.120. The molecule has 0 heterocycles. The number of halogens is 9. The predicted octanol–water partition coefficient (Wildman–Crippen LogP) is 4.15. The summed E-state index contributed by atoms with van der Waals surface area (Å²) in [5.41, 5.74) is 0. The molecule has 0 saturated carbocycles. The largest absolute Gasteiger partial charge is 0.460 e. The van der Waals surface area contributed by atoms with E-state index in [4.69, 9.17) is 10.2 Å². The van der Waals surface area contributed by atoms with E-state index in [0.29, 0.717) is 0 Å². The Kier molecular flexibility index (Phi) is 7.66. The predicted molar refractivity (Wildman–Crippen MR) is 61.7 cm³/mol. The first-order valence-electron chi connectivity index (χ1n) is 6.70. The number of aliphatic hydroxyl groups is 2. The number of alkyl halides is 9. The molecule has 0 aromatic rings. The molecule has 0 spiro atoms. The van der Waals surface area contributed by atoms with E-state index in [2.05, 4.69) is 0 Å². The summed E-state index contributed by atoms with van der Waals surface area (Å²) in [6, 6.07) is 0. The van der Waals surface area contributed by atoms with Gasteiger partial charge in [-0.2, -0.15) is 39.5 Å². The molecule has 1 unspecified atom stereocenters. The van der Waals surface area contributed by atoms with Crippen LogP contribution in [0.5, 0.6) is 0 Å². The van der Waals surface area contributed by atoms with E-state index in [9.17, 15) is 39.5 Å². The van der Waals surface area contributed by atoms with Gasteiger partial charge in [0.05, 0.1) is 12.7 Å². The Morgan fingerprint density at radius 1 is 0.696 bits per heavy atom. The highest BCUT2D eigenvalue weighted by Crippen LogP contribution is 2.54. The van der Waals surface area contributed by atoms with E-state index in [1.165, 1.54) is 0 Å². The summed E-state index contributed by atoms with van der Waals surface area (Å²) >= 11 is 0. The second-order valence-electron chi connectivity index (χ2n) is 5.14. The summed E-state index contributed by atoms with van der Waals surface area (Å²) in [5, 5.41) is 17.4. The highest BCUT2D eigenvalue weighted by Gasteiger charge is 2.81. The van der Waals surface area contributed by atoms with Crippen molar-refractivity contribution in [1.82, 2.24) is 0 Å². The molecule has 1 atom stereocenters. The van der Waals surface area contributed by atoms with Gasteiger partial charge < -0.3 is 10.2 Å². The van der Waals surface area contributed by atoms with Crippen molar-refractivity contribution in [2.45, 2.75) is 68.6 Å². The zero-order chi connectivity index (χ0) is 18.5. The smallest absolute Gasteiger partial charge is 0.394 e. The summed E-state index contributed by atoms with van der Waals surface area (Å²) in [4.78, 5) is 0. The molecule has 0 aliphatic carbocycles. The SMILES string of the molecule is OCC(O)CCCCCCC(F)(F)C(F)(F)C(F)(F)C(F)(F)F. The average Bonchev–Trinajstić information content (AvgIpc) is 2.40. The highest BCUT2D eigenvalue weighted by molar-refractivity contribution is 5.00. The standard InChI is InChI=1S/C12H17F9O2/c13-9(14,6-4-2-1-3-5-8(23)7-22)10(15,16)11(17,18)12(19,20)21/h8,22-23H,1-7H2. The Bertz CT molecular complexity index is 355. The van der Waals surface area contributed by atoms with Crippen LogP contribution in [0.3, 0.4) is 0 Å². The normalized spacial score (nSPS) is 15.8. The Morgan fingerprint density at radius 3 is 1.61 bits per heavy atom. The van der Waals surface area contributed by atoms with Crippen LogP contribution < -0.4 is 0 Å². The molecule has 0 amide bonds. The first-order chi connectivity index (χ1) is 10.2. The number of hydrogen-bond donors (Lipinski definition) is 2. The van der Waals surface area contributed by atoms with Gasteiger partial charge in [-0.1, -0.05) is 19.3 Å². The fourth-order valence-corrected chi connectivity index (χ4v) is 1.74. The lowest BCUT2D eigenvalue weighted by molar-refractivity contribution is -0.396. The third-order valence-corrected chi connectivity index (χ3v) is 3.20. The van der Waals surface area contributed by atoms with Crippen molar-refractivity contribution < 1.29 is 49.7 Å². The number of aliphatic hydroxyl groups excluding tert-OH is 2. The molecule has 2 N–H and O–H groups in total. The van der Waals surface area contributed by atoms with Crippen molar-refractivity contribution in [3.05, 3.63) is 0 Å². The Morgan fingerprint density at radius 2 is 1.17 bits per heavy atom.